The molecule has 29 heavy (non-hydrogen) atoms. The summed E-state index contributed by atoms with van der Waals surface area (Å²) in [5.74, 6) is 4.91. The van der Waals surface area contributed by atoms with E-state index in [0.717, 1.165) is 31.9 Å². The fourth-order valence-corrected chi connectivity index (χ4v) is 3.29. The van der Waals surface area contributed by atoms with Gasteiger partial charge in [-0.1, -0.05) is 18.2 Å². The molecule has 2 aromatic rings. The van der Waals surface area contributed by atoms with Gasteiger partial charge >= 0.3 is 6.03 Å². The number of benzene rings is 2. The molecule has 0 radical (unpaired) electrons. The number of nitrogens with one attached hydrogen (secondary N) is 3. The average molecular weight is 419 g/mol. The lowest BCUT2D eigenvalue weighted by Gasteiger charge is -2.38. The van der Waals surface area contributed by atoms with E-state index in [4.69, 9.17) is 5.84 Å². The van der Waals surface area contributed by atoms with Crippen LogP contribution in [0.25, 0.3) is 0 Å². The minimum atomic E-state index is -0.367. The third-order valence-electron chi connectivity index (χ3n) is 4.72. The number of piperazine rings is 1. The number of hydrazine groups is 1. The molecule has 3 rings (SSSR count). The van der Waals surface area contributed by atoms with Crippen molar-refractivity contribution in [1.82, 2.24) is 10.7 Å². The number of carbonyl (C=O) groups excluding carboxylic acids is 2. The molecule has 8 nitrogen and oxygen atoms in total. The Bertz CT molecular complexity index is 825. The summed E-state index contributed by atoms with van der Waals surface area (Å²) in [6.45, 7) is 5.62. The molecule has 0 spiro atoms. The number of carbonyl (C=O) groups is 2. The number of rotatable bonds is 5. The van der Waals surface area contributed by atoms with Crippen LogP contribution in [0, 0.1) is 0 Å². The number of nitrogens with zero attached hydrogens (tertiary/aromatic N) is 2. The molecule has 0 saturated carbocycles. The van der Waals surface area contributed by atoms with E-state index in [1.165, 1.54) is 5.69 Å². The first kappa shape index (κ1) is 22.3. The molecular formula is C20H27ClN6O2. The average Bonchev–Trinajstić information content (AvgIpc) is 2.74. The van der Waals surface area contributed by atoms with Gasteiger partial charge < -0.3 is 20.4 Å². The van der Waals surface area contributed by atoms with E-state index >= 15 is 0 Å². The number of halogens is 1. The quantitative estimate of drug-likeness (QED) is 0.338. The number of nitrogen functional groups attached to an aromatic ring is 1. The van der Waals surface area contributed by atoms with Crippen LogP contribution in [0.1, 0.15) is 17.3 Å². The summed E-state index contributed by atoms with van der Waals surface area (Å²) in [4.78, 5) is 28.5. The number of anilines is 3. The second-order valence-corrected chi connectivity index (χ2v) is 6.50. The predicted octanol–water partition coefficient (Wildman–Crippen LogP) is 2.18. The van der Waals surface area contributed by atoms with Crippen LogP contribution in [-0.4, -0.2) is 44.7 Å². The van der Waals surface area contributed by atoms with Crippen LogP contribution >= 0.6 is 12.4 Å². The Morgan fingerprint density at radius 3 is 2.28 bits per heavy atom. The van der Waals surface area contributed by atoms with E-state index in [1.54, 1.807) is 18.2 Å². The molecule has 1 aliphatic rings. The molecule has 0 unspecified atom stereocenters. The smallest absolute Gasteiger partial charge is 0.319 e. The van der Waals surface area contributed by atoms with Gasteiger partial charge in [-0.15, -0.1) is 12.4 Å². The number of hydrogen-bond acceptors (Lipinski definition) is 5. The lowest BCUT2D eigenvalue weighted by Crippen LogP contribution is -2.47. The summed E-state index contributed by atoms with van der Waals surface area (Å²) < 4.78 is 0. The van der Waals surface area contributed by atoms with E-state index in [2.05, 4.69) is 38.0 Å². The maximum atomic E-state index is 12.0. The Morgan fingerprint density at radius 2 is 1.66 bits per heavy atom. The zero-order valence-corrected chi connectivity index (χ0v) is 17.2. The van der Waals surface area contributed by atoms with Crippen molar-refractivity contribution in [3.63, 3.8) is 0 Å². The Labute approximate surface area is 176 Å². The number of nitrogens with two attached hydrogens (primary N) is 1. The molecule has 0 aromatic heterocycles. The molecule has 1 aliphatic heterocycles. The Morgan fingerprint density at radius 1 is 1.00 bits per heavy atom. The number of urea groups is 1. The van der Waals surface area contributed by atoms with Gasteiger partial charge in [-0.3, -0.25) is 10.2 Å². The van der Waals surface area contributed by atoms with Crippen LogP contribution in [0.3, 0.4) is 0 Å². The second kappa shape index (κ2) is 10.5. The molecule has 0 aliphatic carbocycles. The molecule has 1 saturated heterocycles. The first-order chi connectivity index (χ1) is 13.6. The Kier molecular flexibility index (Phi) is 8.11. The van der Waals surface area contributed by atoms with Crippen molar-refractivity contribution >= 4 is 41.4 Å². The summed E-state index contributed by atoms with van der Waals surface area (Å²) in [6.07, 6.45) is 0. The normalized spacial score (nSPS) is 13.3. The van der Waals surface area contributed by atoms with Crippen LogP contribution in [0.5, 0.6) is 0 Å². The van der Waals surface area contributed by atoms with Gasteiger partial charge in [0.25, 0.3) is 5.91 Å². The lowest BCUT2D eigenvalue weighted by atomic mass is 10.1. The van der Waals surface area contributed by atoms with Gasteiger partial charge in [-0.25, -0.2) is 10.6 Å². The Balaban J connectivity index is 0.00000300. The van der Waals surface area contributed by atoms with Crippen molar-refractivity contribution in [2.75, 3.05) is 47.8 Å². The van der Waals surface area contributed by atoms with Crippen LogP contribution in [0.15, 0.2) is 48.5 Å². The molecule has 1 heterocycles. The summed E-state index contributed by atoms with van der Waals surface area (Å²) >= 11 is 0. The fraction of sp³-hybridized carbons (Fsp3) is 0.300. The van der Waals surface area contributed by atoms with Crippen molar-refractivity contribution < 1.29 is 9.59 Å². The molecule has 156 valence electrons. The number of hydrogen-bond donors (Lipinski definition) is 4. The highest BCUT2D eigenvalue weighted by molar-refractivity contribution is 5.98. The molecular weight excluding hydrogens is 392 g/mol. The minimum Gasteiger partial charge on any atom is -0.368 e. The Hall–Kier alpha value is -2.97. The first-order valence-corrected chi connectivity index (χ1v) is 9.37. The van der Waals surface area contributed by atoms with Gasteiger partial charge in [0, 0.05) is 44.0 Å². The molecule has 5 N–H and O–H groups in total. The van der Waals surface area contributed by atoms with E-state index in [-0.39, 0.29) is 24.3 Å². The standard InChI is InChI=1S/C20H26N6O2.ClH/c1-2-22-20(28)23-17-9-8-15(19(27)24-21)14-18(17)26-12-10-25(11-13-26)16-6-4-3-5-7-16;/h3-9,14H,2,10-13,21H2,1H3,(H,24,27)(H2,22,23,28);1H. The van der Waals surface area contributed by atoms with Crippen molar-refractivity contribution in [2.24, 2.45) is 5.84 Å². The van der Waals surface area contributed by atoms with Gasteiger partial charge in [0.15, 0.2) is 0 Å². The molecule has 0 bridgehead atoms. The van der Waals surface area contributed by atoms with Crippen LogP contribution in [-0.2, 0) is 0 Å². The summed E-state index contributed by atoms with van der Waals surface area (Å²) in [6, 6.07) is 15.1. The van der Waals surface area contributed by atoms with Crippen LogP contribution < -0.4 is 31.7 Å². The van der Waals surface area contributed by atoms with Gasteiger partial charge in [0.1, 0.15) is 0 Å². The maximum Gasteiger partial charge on any atom is 0.319 e. The minimum absolute atomic E-state index is 0. The topological polar surface area (TPSA) is 103 Å². The summed E-state index contributed by atoms with van der Waals surface area (Å²) in [7, 11) is 0. The highest BCUT2D eigenvalue weighted by atomic mass is 35.5. The van der Waals surface area contributed by atoms with Crippen LogP contribution in [0.4, 0.5) is 21.9 Å². The van der Waals surface area contributed by atoms with Crippen molar-refractivity contribution in [1.29, 1.82) is 0 Å². The van der Waals surface area contributed by atoms with Crippen LogP contribution in [0.2, 0.25) is 0 Å². The molecule has 1 fully saturated rings. The first-order valence-electron chi connectivity index (χ1n) is 9.37. The van der Waals surface area contributed by atoms with Crippen molar-refractivity contribution in [3.8, 4) is 0 Å². The predicted molar refractivity (Wildman–Crippen MR) is 119 cm³/mol. The second-order valence-electron chi connectivity index (χ2n) is 6.50. The zero-order chi connectivity index (χ0) is 19.9. The molecule has 0 atom stereocenters. The van der Waals surface area contributed by atoms with E-state index < -0.39 is 0 Å². The van der Waals surface area contributed by atoms with E-state index in [0.29, 0.717) is 17.8 Å². The molecule has 9 heteroatoms. The largest absolute Gasteiger partial charge is 0.368 e. The SMILES string of the molecule is CCNC(=O)Nc1ccc(C(=O)NN)cc1N1CCN(c2ccccc2)CC1.Cl. The summed E-state index contributed by atoms with van der Waals surface area (Å²) in [5.41, 5.74) is 5.26. The third-order valence-corrected chi connectivity index (χ3v) is 4.72. The third kappa shape index (κ3) is 5.52. The number of para-hydroxylation sites is 1. The highest BCUT2D eigenvalue weighted by Crippen LogP contribution is 2.29. The fourth-order valence-electron chi connectivity index (χ4n) is 3.29. The monoisotopic (exact) mass is 418 g/mol. The lowest BCUT2D eigenvalue weighted by molar-refractivity contribution is 0.0953. The summed E-state index contributed by atoms with van der Waals surface area (Å²) in [5, 5.41) is 5.59. The van der Waals surface area contributed by atoms with E-state index in [1.807, 2.05) is 25.1 Å². The highest BCUT2D eigenvalue weighted by Gasteiger charge is 2.21. The molecule has 2 aromatic carbocycles. The van der Waals surface area contributed by atoms with Gasteiger partial charge in [0.05, 0.1) is 11.4 Å². The maximum absolute atomic E-state index is 12.0. The van der Waals surface area contributed by atoms with Gasteiger partial charge in [-0.2, -0.15) is 0 Å². The van der Waals surface area contributed by atoms with Gasteiger partial charge in [-0.05, 0) is 37.3 Å². The molecule has 3 amide bonds. The van der Waals surface area contributed by atoms with Crippen molar-refractivity contribution in [2.45, 2.75) is 6.92 Å². The van der Waals surface area contributed by atoms with E-state index in [9.17, 15) is 9.59 Å². The number of amides is 3. The zero-order valence-electron chi connectivity index (χ0n) is 16.4. The van der Waals surface area contributed by atoms with Crippen molar-refractivity contribution in [3.05, 3.63) is 54.1 Å². The van der Waals surface area contributed by atoms with Gasteiger partial charge in [0.2, 0.25) is 0 Å².